The van der Waals surface area contributed by atoms with Crippen LogP contribution in [0, 0.1) is 0 Å². The monoisotopic (exact) mass is 358 g/mol. The van der Waals surface area contributed by atoms with Crippen molar-refractivity contribution in [2.24, 2.45) is 14.1 Å². The van der Waals surface area contributed by atoms with Crippen LogP contribution in [0.5, 0.6) is 11.5 Å². The van der Waals surface area contributed by atoms with Crippen LogP contribution in [0.3, 0.4) is 0 Å². The summed E-state index contributed by atoms with van der Waals surface area (Å²) in [6.07, 6.45) is 0. The first-order valence-corrected chi connectivity index (χ1v) is 8.66. The SMILES string of the molecule is Cn1c(N2CCN(Cc3ccc4c(c3)OCO4)CC2)cc(=O)n(C)c1=O. The molecule has 0 amide bonds. The van der Waals surface area contributed by atoms with Crippen molar-refractivity contribution in [1.82, 2.24) is 14.0 Å². The van der Waals surface area contributed by atoms with Crippen molar-refractivity contribution in [2.45, 2.75) is 6.54 Å². The zero-order chi connectivity index (χ0) is 18.3. The third kappa shape index (κ3) is 2.96. The molecule has 0 bridgehead atoms. The molecule has 4 rings (SSSR count). The number of aromatic nitrogens is 2. The Kier molecular flexibility index (Phi) is 4.20. The Bertz CT molecular complexity index is 941. The van der Waals surface area contributed by atoms with Gasteiger partial charge in [0.2, 0.25) is 6.79 Å². The van der Waals surface area contributed by atoms with Gasteiger partial charge in [0.15, 0.2) is 11.5 Å². The molecule has 0 N–H and O–H groups in total. The lowest BCUT2D eigenvalue weighted by atomic mass is 10.1. The third-order valence-electron chi connectivity index (χ3n) is 5.04. The second-order valence-electron chi connectivity index (χ2n) is 6.69. The van der Waals surface area contributed by atoms with E-state index < -0.39 is 0 Å². The molecule has 3 heterocycles. The minimum Gasteiger partial charge on any atom is -0.454 e. The second-order valence-corrected chi connectivity index (χ2v) is 6.69. The summed E-state index contributed by atoms with van der Waals surface area (Å²) in [5.74, 6) is 2.28. The molecular formula is C18H22N4O4. The van der Waals surface area contributed by atoms with Crippen LogP contribution >= 0.6 is 0 Å². The van der Waals surface area contributed by atoms with E-state index in [1.807, 2.05) is 12.1 Å². The van der Waals surface area contributed by atoms with Gasteiger partial charge in [0.05, 0.1) is 0 Å². The van der Waals surface area contributed by atoms with Crippen molar-refractivity contribution in [3.63, 3.8) is 0 Å². The number of anilines is 1. The predicted molar refractivity (Wildman–Crippen MR) is 97.0 cm³/mol. The maximum Gasteiger partial charge on any atom is 0.332 e. The lowest BCUT2D eigenvalue weighted by molar-refractivity contribution is 0.174. The van der Waals surface area contributed by atoms with Crippen LogP contribution in [0.1, 0.15) is 5.56 Å². The normalized spacial score (nSPS) is 16.9. The molecule has 1 aromatic heterocycles. The summed E-state index contributed by atoms with van der Waals surface area (Å²) in [5, 5.41) is 0. The first kappa shape index (κ1) is 16.7. The van der Waals surface area contributed by atoms with Gasteiger partial charge < -0.3 is 14.4 Å². The van der Waals surface area contributed by atoms with Crippen molar-refractivity contribution in [3.8, 4) is 11.5 Å². The van der Waals surface area contributed by atoms with E-state index in [4.69, 9.17) is 9.47 Å². The first-order valence-electron chi connectivity index (χ1n) is 8.66. The van der Waals surface area contributed by atoms with Gasteiger partial charge in [-0.3, -0.25) is 18.8 Å². The molecule has 26 heavy (non-hydrogen) atoms. The lowest BCUT2D eigenvalue weighted by Gasteiger charge is -2.36. The van der Waals surface area contributed by atoms with Gasteiger partial charge in [-0.15, -0.1) is 0 Å². The number of hydrogen-bond acceptors (Lipinski definition) is 6. The Morgan fingerprint density at radius 1 is 0.923 bits per heavy atom. The Morgan fingerprint density at radius 2 is 1.65 bits per heavy atom. The van der Waals surface area contributed by atoms with Crippen LogP contribution in [-0.4, -0.2) is 47.0 Å². The topological polar surface area (TPSA) is 68.9 Å². The number of piperazine rings is 1. The zero-order valence-corrected chi connectivity index (χ0v) is 15.0. The van der Waals surface area contributed by atoms with E-state index in [-0.39, 0.29) is 18.0 Å². The Morgan fingerprint density at radius 3 is 2.42 bits per heavy atom. The average molecular weight is 358 g/mol. The van der Waals surface area contributed by atoms with E-state index in [9.17, 15) is 9.59 Å². The van der Waals surface area contributed by atoms with Crippen LogP contribution in [0.25, 0.3) is 0 Å². The third-order valence-corrected chi connectivity index (χ3v) is 5.04. The molecule has 0 aliphatic carbocycles. The predicted octanol–water partition coefficient (Wildman–Crippen LogP) is 0.135. The fourth-order valence-electron chi connectivity index (χ4n) is 3.46. The quantitative estimate of drug-likeness (QED) is 0.777. The van der Waals surface area contributed by atoms with Crippen LogP contribution in [0.2, 0.25) is 0 Å². The smallest absolute Gasteiger partial charge is 0.332 e. The fourth-order valence-corrected chi connectivity index (χ4v) is 3.46. The average Bonchev–Trinajstić information content (AvgIpc) is 3.11. The summed E-state index contributed by atoms with van der Waals surface area (Å²) in [5.41, 5.74) is 0.616. The van der Waals surface area contributed by atoms with E-state index in [1.165, 1.54) is 23.2 Å². The highest BCUT2D eigenvalue weighted by atomic mass is 16.7. The highest BCUT2D eigenvalue weighted by molar-refractivity contribution is 5.44. The van der Waals surface area contributed by atoms with Gasteiger partial charge in [0, 0.05) is 52.9 Å². The Labute approximate surface area is 150 Å². The van der Waals surface area contributed by atoms with Crippen LogP contribution in [0.4, 0.5) is 5.82 Å². The second kappa shape index (κ2) is 6.53. The van der Waals surface area contributed by atoms with E-state index >= 15 is 0 Å². The van der Waals surface area contributed by atoms with E-state index in [1.54, 1.807) is 7.05 Å². The fraction of sp³-hybridized carbons (Fsp3) is 0.444. The molecule has 0 saturated carbocycles. The molecule has 1 saturated heterocycles. The number of nitrogens with zero attached hydrogens (tertiary/aromatic N) is 4. The van der Waals surface area contributed by atoms with E-state index in [0.29, 0.717) is 5.82 Å². The van der Waals surface area contributed by atoms with Gasteiger partial charge in [0.1, 0.15) is 5.82 Å². The van der Waals surface area contributed by atoms with Gasteiger partial charge in [-0.05, 0) is 17.7 Å². The van der Waals surface area contributed by atoms with Crippen LogP contribution in [-0.2, 0) is 20.6 Å². The largest absolute Gasteiger partial charge is 0.454 e. The minimum atomic E-state index is -0.296. The van der Waals surface area contributed by atoms with Crippen molar-refractivity contribution < 1.29 is 9.47 Å². The number of fused-ring (bicyclic) bond motifs is 1. The maximum atomic E-state index is 12.1. The highest BCUT2D eigenvalue weighted by Crippen LogP contribution is 2.32. The molecule has 0 radical (unpaired) electrons. The molecule has 2 aromatic rings. The van der Waals surface area contributed by atoms with Crippen molar-refractivity contribution in [1.29, 1.82) is 0 Å². The maximum absolute atomic E-state index is 12.1. The Hall–Kier alpha value is -2.74. The Balaban J connectivity index is 1.43. The summed E-state index contributed by atoms with van der Waals surface area (Å²) in [6, 6.07) is 7.57. The molecule has 0 atom stereocenters. The first-order chi connectivity index (χ1) is 12.5. The van der Waals surface area contributed by atoms with Gasteiger partial charge >= 0.3 is 5.69 Å². The van der Waals surface area contributed by atoms with Crippen molar-refractivity contribution in [3.05, 3.63) is 50.7 Å². The van der Waals surface area contributed by atoms with E-state index in [2.05, 4.69) is 15.9 Å². The molecular weight excluding hydrogens is 336 g/mol. The summed E-state index contributed by atoms with van der Waals surface area (Å²) < 4.78 is 13.4. The van der Waals surface area contributed by atoms with Crippen LogP contribution in [0.15, 0.2) is 33.9 Å². The van der Waals surface area contributed by atoms with Crippen LogP contribution < -0.4 is 25.6 Å². The molecule has 2 aliphatic heterocycles. The summed E-state index contributed by atoms with van der Waals surface area (Å²) in [6.45, 7) is 4.37. The lowest BCUT2D eigenvalue weighted by Crippen LogP contribution is -2.49. The van der Waals surface area contributed by atoms with Crippen molar-refractivity contribution in [2.75, 3.05) is 37.9 Å². The number of benzene rings is 1. The number of hydrogen-bond donors (Lipinski definition) is 0. The summed E-state index contributed by atoms with van der Waals surface area (Å²) in [7, 11) is 3.20. The molecule has 1 aromatic carbocycles. The van der Waals surface area contributed by atoms with Gasteiger partial charge in [0.25, 0.3) is 5.56 Å². The molecule has 2 aliphatic rings. The molecule has 0 unspecified atom stereocenters. The number of ether oxygens (including phenoxy) is 2. The van der Waals surface area contributed by atoms with Gasteiger partial charge in [-0.1, -0.05) is 6.07 Å². The van der Waals surface area contributed by atoms with Crippen molar-refractivity contribution >= 4 is 5.82 Å². The molecule has 1 fully saturated rings. The molecule has 0 spiro atoms. The molecule has 8 nitrogen and oxygen atoms in total. The minimum absolute atomic E-state index is 0.272. The zero-order valence-electron chi connectivity index (χ0n) is 15.0. The summed E-state index contributed by atoms with van der Waals surface area (Å²) >= 11 is 0. The van der Waals surface area contributed by atoms with E-state index in [0.717, 1.165) is 48.8 Å². The standard InChI is InChI=1S/C18H22N4O4/c1-19-16(10-17(23)20(2)18(19)24)22-7-5-21(6-8-22)11-13-3-4-14-15(9-13)26-12-25-14/h3-4,9-10H,5-8,11-12H2,1-2H3. The van der Waals surface area contributed by atoms with Gasteiger partial charge in [-0.25, -0.2) is 4.79 Å². The number of rotatable bonds is 3. The van der Waals surface area contributed by atoms with Gasteiger partial charge in [-0.2, -0.15) is 0 Å². The molecule has 138 valence electrons. The summed E-state index contributed by atoms with van der Waals surface area (Å²) in [4.78, 5) is 28.5. The molecule has 8 heteroatoms. The highest BCUT2D eigenvalue weighted by Gasteiger charge is 2.21.